The minimum Gasteiger partial charge on any atom is -0.366 e. The summed E-state index contributed by atoms with van der Waals surface area (Å²) in [6, 6.07) is 10.7. The van der Waals surface area contributed by atoms with Gasteiger partial charge in [-0.25, -0.2) is 4.98 Å². The summed E-state index contributed by atoms with van der Waals surface area (Å²) in [7, 11) is 2.18. The van der Waals surface area contributed by atoms with E-state index in [0.29, 0.717) is 6.04 Å². The fraction of sp³-hybridized carbons (Fsp3) is 0.375. The van der Waals surface area contributed by atoms with Crippen LogP contribution in [0.3, 0.4) is 0 Å². The predicted molar refractivity (Wildman–Crippen MR) is 80.4 cm³/mol. The average molecular weight is 268 g/mol. The highest BCUT2D eigenvalue weighted by Crippen LogP contribution is 2.29. The van der Waals surface area contributed by atoms with Crippen LogP contribution in [0.25, 0.3) is 0 Å². The van der Waals surface area contributed by atoms with Crippen LogP contribution in [0.1, 0.15) is 30.1 Å². The highest BCUT2D eigenvalue weighted by molar-refractivity contribution is 5.37. The maximum absolute atomic E-state index is 4.75. The summed E-state index contributed by atoms with van der Waals surface area (Å²) in [5.41, 5.74) is 2.33. The number of hydrogen-bond acceptors (Lipinski definition) is 4. The molecular weight excluding hydrogens is 248 g/mol. The van der Waals surface area contributed by atoms with Crippen LogP contribution in [-0.2, 0) is 6.54 Å². The second-order valence-corrected chi connectivity index (χ2v) is 5.30. The van der Waals surface area contributed by atoms with E-state index in [9.17, 15) is 0 Å². The smallest absolute Gasteiger partial charge is 0.126 e. The number of likely N-dealkylation sites (tertiary alicyclic amines) is 1. The molecule has 4 heteroatoms. The average Bonchev–Trinajstić information content (AvgIpc) is 2.93. The van der Waals surface area contributed by atoms with Crippen molar-refractivity contribution in [3.05, 3.63) is 54.0 Å². The Balaban J connectivity index is 1.68. The van der Waals surface area contributed by atoms with Gasteiger partial charge in [0.15, 0.2) is 0 Å². The molecule has 104 valence electrons. The fourth-order valence-corrected chi connectivity index (χ4v) is 2.71. The number of nitrogens with one attached hydrogen (secondary N) is 1. The van der Waals surface area contributed by atoms with Gasteiger partial charge in [0, 0.05) is 18.9 Å². The quantitative estimate of drug-likeness (QED) is 0.925. The molecule has 3 heterocycles. The monoisotopic (exact) mass is 268 g/mol. The number of nitrogens with zero attached hydrogens (tertiary/aromatic N) is 3. The zero-order chi connectivity index (χ0) is 13.8. The van der Waals surface area contributed by atoms with Crippen molar-refractivity contribution < 1.29 is 0 Å². The molecule has 0 aliphatic carbocycles. The lowest BCUT2D eigenvalue weighted by atomic mass is 10.1. The standard InChI is InChI=1S/C16H20N4/c1-20-10-4-7-15(20)14-6-2-8-16(19-14)18-12-13-5-3-9-17-11-13/h2-3,5-6,8-9,11,15H,4,7,10,12H2,1H3,(H,18,19). The maximum atomic E-state index is 4.75. The molecule has 1 fully saturated rings. The van der Waals surface area contributed by atoms with E-state index in [0.717, 1.165) is 17.9 Å². The zero-order valence-corrected chi connectivity index (χ0v) is 11.8. The fourth-order valence-electron chi connectivity index (χ4n) is 2.71. The maximum Gasteiger partial charge on any atom is 0.126 e. The van der Waals surface area contributed by atoms with Crippen molar-refractivity contribution in [2.24, 2.45) is 0 Å². The minimum atomic E-state index is 0.468. The minimum absolute atomic E-state index is 0.468. The molecule has 1 unspecified atom stereocenters. The van der Waals surface area contributed by atoms with E-state index in [1.807, 2.05) is 18.3 Å². The van der Waals surface area contributed by atoms with Crippen LogP contribution in [0.5, 0.6) is 0 Å². The van der Waals surface area contributed by atoms with Crippen LogP contribution in [0.4, 0.5) is 5.82 Å². The van der Waals surface area contributed by atoms with E-state index in [2.05, 4.69) is 40.4 Å². The lowest BCUT2D eigenvalue weighted by molar-refractivity contribution is 0.312. The van der Waals surface area contributed by atoms with E-state index < -0.39 is 0 Å². The summed E-state index contributed by atoms with van der Waals surface area (Å²) in [6.45, 7) is 1.92. The van der Waals surface area contributed by atoms with Gasteiger partial charge in [-0.3, -0.25) is 9.88 Å². The van der Waals surface area contributed by atoms with Crippen molar-refractivity contribution in [1.29, 1.82) is 0 Å². The molecule has 1 atom stereocenters. The molecule has 0 radical (unpaired) electrons. The summed E-state index contributed by atoms with van der Waals surface area (Å²) < 4.78 is 0. The Morgan fingerprint density at radius 3 is 3.00 bits per heavy atom. The summed E-state index contributed by atoms with van der Waals surface area (Å²) in [5.74, 6) is 0.937. The number of aromatic nitrogens is 2. The van der Waals surface area contributed by atoms with Crippen molar-refractivity contribution in [1.82, 2.24) is 14.9 Å². The third-order valence-corrected chi connectivity index (χ3v) is 3.83. The molecule has 0 amide bonds. The van der Waals surface area contributed by atoms with Gasteiger partial charge in [0.2, 0.25) is 0 Å². The number of rotatable bonds is 4. The topological polar surface area (TPSA) is 41.0 Å². The number of pyridine rings is 2. The summed E-state index contributed by atoms with van der Waals surface area (Å²) in [6.07, 6.45) is 6.13. The Morgan fingerprint density at radius 2 is 2.25 bits per heavy atom. The highest BCUT2D eigenvalue weighted by Gasteiger charge is 2.23. The van der Waals surface area contributed by atoms with Gasteiger partial charge in [-0.1, -0.05) is 12.1 Å². The van der Waals surface area contributed by atoms with Gasteiger partial charge in [0.25, 0.3) is 0 Å². The third kappa shape index (κ3) is 2.96. The lowest BCUT2D eigenvalue weighted by Crippen LogP contribution is -2.18. The van der Waals surface area contributed by atoms with Gasteiger partial charge in [-0.2, -0.15) is 0 Å². The predicted octanol–water partition coefficient (Wildman–Crippen LogP) is 2.86. The van der Waals surface area contributed by atoms with Crippen LogP contribution in [0.2, 0.25) is 0 Å². The van der Waals surface area contributed by atoms with Crippen molar-refractivity contribution >= 4 is 5.82 Å². The van der Waals surface area contributed by atoms with E-state index in [1.54, 1.807) is 6.20 Å². The molecule has 0 spiro atoms. The van der Waals surface area contributed by atoms with Gasteiger partial charge < -0.3 is 5.32 Å². The number of hydrogen-bond donors (Lipinski definition) is 1. The van der Waals surface area contributed by atoms with Crippen molar-refractivity contribution in [3.63, 3.8) is 0 Å². The Bertz CT molecular complexity index is 555. The summed E-state index contributed by atoms with van der Waals surface area (Å²) in [5, 5.41) is 3.37. The van der Waals surface area contributed by atoms with Crippen molar-refractivity contribution in [2.45, 2.75) is 25.4 Å². The van der Waals surface area contributed by atoms with Crippen LogP contribution < -0.4 is 5.32 Å². The molecule has 20 heavy (non-hydrogen) atoms. The van der Waals surface area contributed by atoms with Crippen molar-refractivity contribution in [2.75, 3.05) is 18.9 Å². The molecule has 4 nitrogen and oxygen atoms in total. The summed E-state index contributed by atoms with van der Waals surface area (Å²) in [4.78, 5) is 11.2. The molecule has 1 aliphatic rings. The molecule has 0 bridgehead atoms. The molecule has 0 saturated carbocycles. The van der Waals surface area contributed by atoms with Crippen LogP contribution in [-0.4, -0.2) is 28.5 Å². The Hall–Kier alpha value is -1.94. The van der Waals surface area contributed by atoms with Crippen LogP contribution >= 0.6 is 0 Å². The Kier molecular flexibility index (Phi) is 3.92. The first kappa shape index (κ1) is 13.1. The lowest BCUT2D eigenvalue weighted by Gasteiger charge is -2.19. The van der Waals surface area contributed by atoms with Crippen LogP contribution in [0.15, 0.2) is 42.7 Å². The zero-order valence-electron chi connectivity index (χ0n) is 11.8. The molecular formula is C16H20N4. The first-order valence-electron chi connectivity index (χ1n) is 7.13. The molecule has 1 N–H and O–H groups in total. The highest BCUT2D eigenvalue weighted by atomic mass is 15.2. The molecule has 0 aromatic carbocycles. The second kappa shape index (κ2) is 6.01. The summed E-state index contributed by atoms with van der Waals surface area (Å²) >= 11 is 0. The van der Waals surface area contributed by atoms with E-state index in [1.165, 1.54) is 25.1 Å². The van der Waals surface area contributed by atoms with Gasteiger partial charge in [0.1, 0.15) is 5.82 Å². The SMILES string of the molecule is CN1CCCC1c1cccc(NCc2cccnc2)n1. The van der Waals surface area contributed by atoms with Gasteiger partial charge in [0.05, 0.1) is 11.7 Å². The van der Waals surface area contributed by atoms with E-state index in [-0.39, 0.29) is 0 Å². The van der Waals surface area contributed by atoms with Crippen molar-refractivity contribution in [3.8, 4) is 0 Å². The van der Waals surface area contributed by atoms with Crippen LogP contribution in [0, 0.1) is 0 Å². The molecule has 1 aliphatic heterocycles. The van der Waals surface area contributed by atoms with Gasteiger partial charge in [-0.05, 0) is 50.2 Å². The third-order valence-electron chi connectivity index (χ3n) is 3.83. The van der Waals surface area contributed by atoms with Gasteiger partial charge >= 0.3 is 0 Å². The molecule has 1 saturated heterocycles. The Labute approximate surface area is 119 Å². The first-order chi connectivity index (χ1) is 9.83. The Morgan fingerprint density at radius 1 is 1.30 bits per heavy atom. The van der Waals surface area contributed by atoms with E-state index >= 15 is 0 Å². The number of anilines is 1. The second-order valence-electron chi connectivity index (χ2n) is 5.30. The van der Waals surface area contributed by atoms with E-state index in [4.69, 9.17) is 4.98 Å². The first-order valence-corrected chi connectivity index (χ1v) is 7.13. The largest absolute Gasteiger partial charge is 0.366 e. The van der Waals surface area contributed by atoms with Gasteiger partial charge in [-0.15, -0.1) is 0 Å². The molecule has 3 rings (SSSR count). The normalized spacial score (nSPS) is 19.1. The molecule has 2 aromatic heterocycles. The molecule has 2 aromatic rings.